The zero-order chi connectivity index (χ0) is 21.7. The van der Waals surface area contributed by atoms with E-state index in [1.54, 1.807) is 24.4 Å². The highest BCUT2D eigenvalue weighted by Gasteiger charge is 2.54. The van der Waals surface area contributed by atoms with Gasteiger partial charge >= 0.3 is 6.03 Å². The molecule has 1 aliphatic carbocycles. The van der Waals surface area contributed by atoms with Crippen molar-refractivity contribution in [2.24, 2.45) is 5.41 Å². The first kappa shape index (κ1) is 19.2. The zero-order valence-electron chi connectivity index (χ0n) is 17.3. The van der Waals surface area contributed by atoms with Crippen LogP contribution in [0, 0.1) is 11.2 Å². The van der Waals surface area contributed by atoms with Crippen LogP contribution in [0.25, 0.3) is 10.9 Å². The van der Waals surface area contributed by atoms with Crippen LogP contribution < -0.4 is 19.5 Å². The fraction of sp³-hybridized carbons (Fsp3) is 0.333. The number of hydrogen-bond donors (Lipinski definition) is 1. The lowest BCUT2D eigenvalue weighted by atomic mass is 9.62. The number of rotatable bonds is 3. The van der Waals surface area contributed by atoms with Crippen molar-refractivity contribution in [1.29, 1.82) is 0 Å². The highest BCUT2D eigenvalue weighted by atomic mass is 19.1. The van der Waals surface area contributed by atoms with Gasteiger partial charge in [-0.1, -0.05) is 0 Å². The maximum Gasteiger partial charge on any atom is 0.321 e. The summed E-state index contributed by atoms with van der Waals surface area (Å²) >= 11 is 0. The van der Waals surface area contributed by atoms with Gasteiger partial charge in [-0.3, -0.25) is 4.98 Å². The molecule has 1 spiro atoms. The van der Waals surface area contributed by atoms with E-state index in [2.05, 4.69) is 10.3 Å². The van der Waals surface area contributed by atoms with E-state index in [-0.39, 0.29) is 23.4 Å². The molecule has 1 saturated carbocycles. The number of ether oxygens (including phenoxy) is 3. The molecular formula is C24H22FN3O4. The third-order valence-electron chi connectivity index (χ3n) is 6.41. The van der Waals surface area contributed by atoms with Crippen LogP contribution in [0.5, 0.6) is 17.2 Å². The molecule has 3 aliphatic rings. The Bertz CT molecular complexity index is 1200. The number of benzene rings is 2. The van der Waals surface area contributed by atoms with E-state index in [0.29, 0.717) is 60.1 Å². The molecule has 1 N–H and O–H groups in total. The van der Waals surface area contributed by atoms with Crippen LogP contribution in [-0.2, 0) is 0 Å². The van der Waals surface area contributed by atoms with Crippen molar-refractivity contribution >= 4 is 22.6 Å². The van der Waals surface area contributed by atoms with Gasteiger partial charge in [-0.25, -0.2) is 9.18 Å². The number of urea groups is 1. The molecule has 7 nitrogen and oxygen atoms in total. The Morgan fingerprint density at radius 1 is 1.09 bits per heavy atom. The number of likely N-dealkylation sites (tertiary alicyclic amines) is 1. The Balaban J connectivity index is 1.04. The van der Waals surface area contributed by atoms with Gasteiger partial charge in [-0.05, 0) is 49.2 Å². The molecule has 0 bridgehead atoms. The molecule has 3 aromatic rings. The summed E-state index contributed by atoms with van der Waals surface area (Å²) in [6.07, 6.45) is 3.49. The van der Waals surface area contributed by atoms with E-state index in [1.165, 1.54) is 12.1 Å². The van der Waals surface area contributed by atoms with Gasteiger partial charge in [0.25, 0.3) is 0 Å². The number of nitrogens with zero attached hydrogens (tertiary/aromatic N) is 2. The molecule has 6 rings (SSSR count). The predicted octanol–water partition coefficient (Wildman–Crippen LogP) is 4.22. The number of aromatic nitrogens is 1. The average Bonchev–Trinajstić information content (AvgIpc) is 2.74. The Labute approximate surface area is 184 Å². The molecule has 2 aromatic carbocycles. The molecule has 0 unspecified atom stereocenters. The number of carbonyl (C=O) groups excluding carboxylic acids is 1. The van der Waals surface area contributed by atoms with E-state index in [9.17, 15) is 9.18 Å². The predicted molar refractivity (Wildman–Crippen MR) is 116 cm³/mol. The van der Waals surface area contributed by atoms with Crippen LogP contribution in [0.3, 0.4) is 0 Å². The summed E-state index contributed by atoms with van der Waals surface area (Å²) in [5.74, 6) is 1.69. The van der Waals surface area contributed by atoms with Crippen LogP contribution in [0.15, 0.2) is 48.7 Å². The summed E-state index contributed by atoms with van der Waals surface area (Å²) in [5, 5.41) is 3.62. The van der Waals surface area contributed by atoms with E-state index < -0.39 is 0 Å². The number of amides is 2. The van der Waals surface area contributed by atoms with E-state index in [0.717, 1.165) is 12.8 Å². The number of nitrogens with one attached hydrogen (secondary N) is 1. The lowest BCUT2D eigenvalue weighted by molar-refractivity contribution is -0.0978. The lowest BCUT2D eigenvalue weighted by Crippen LogP contribution is -2.66. The minimum atomic E-state index is -0.306. The van der Waals surface area contributed by atoms with Gasteiger partial charge in [0.2, 0.25) is 0 Å². The van der Waals surface area contributed by atoms with Gasteiger partial charge in [0.15, 0.2) is 11.5 Å². The Morgan fingerprint density at radius 2 is 1.91 bits per heavy atom. The molecule has 2 fully saturated rings. The second-order valence-corrected chi connectivity index (χ2v) is 8.76. The molecule has 0 radical (unpaired) electrons. The first-order valence-corrected chi connectivity index (χ1v) is 10.7. The van der Waals surface area contributed by atoms with Gasteiger partial charge in [0.1, 0.15) is 30.9 Å². The van der Waals surface area contributed by atoms with E-state index in [1.807, 2.05) is 17.0 Å². The lowest BCUT2D eigenvalue weighted by Gasteiger charge is -2.58. The molecule has 164 valence electrons. The summed E-state index contributed by atoms with van der Waals surface area (Å²) < 4.78 is 30.9. The van der Waals surface area contributed by atoms with Crippen molar-refractivity contribution in [2.45, 2.75) is 18.9 Å². The summed E-state index contributed by atoms with van der Waals surface area (Å²) in [6.45, 7) is 2.45. The monoisotopic (exact) mass is 435 g/mol. The van der Waals surface area contributed by atoms with Crippen LogP contribution in [0.2, 0.25) is 0 Å². The number of hydrogen-bond acceptors (Lipinski definition) is 5. The SMILES string of the molecule is O=C(Nc1ccc2c(c1)OCCO2)N1CC2(CC(Oc3ccnc4ccc(F)cc34)C2)C1. The van der Waals surface area contributed by atoms with Crippen LogP contribution in [0.1, 0.15) is 12.8 Å². The number of fused-ring (bicyclic) bond motifs is 2. The first-order chi connectivity index (χ1) is 15.6. The van der Waals surface area contributed by atoms with Crippen molar-refractivity contribution in [2.75, 3.05) is 31.6 Å². The minimum Gasteiger partial charge on any atom is -0.490 e. The van der Waals surface area contributed by atoms with Gasteiger partial charge in [-0.2, -0.15) is 0 Å². The first-order valence-electron chi connectivity index (χ1n) is 10.7. The second kappa shape index (κ2) is 7.25. The van der Waals surface area contributed by atoms with Gasteiger partial charge in [0, 0.05) is 41.8 Å². The highest BCUT2D eigenvalue weighted by molar-refractivity contribution is 5.90. The maximum absolute atomic E-state index is 13.7. The quantitative estimate of drug-likeness (QED) is 0.667. The largest absolute Gasteiger partial charge is 0.490 e. The summed E-state index contributed by atoms with van der Waals surface area (Å²) in [6, 6.07) is 11.6. The molecule has 2 amide bonds. The van der Waals surface area contributed by atoms with Crippen molar-refractivity contribution in [3.05, 3.63) is 54.5 Å². The maximum atomic E-state index is 13.7. The van der Waals surface area contributed by atoms with Gasteiger partial charge in [0.05, 0.1) is 5.52 Å². The minimum absolute atomic E-state index is 0.0619. The number of anilines is 1. The Morgan fingerprint density at radius 3 is 2.75 bits per heavy atom. The van der Waals surface area contributed by atoms with Crippen LogP contribution in [0.4, 0.5) is 14.9 Å². The number of carbonyl (C=O) groups is 1. The smallest absolute Gasteiger partial charge is 0.321 e. The Kier molecular flexibility index (Phi) is 4.34. The second-order valence-electron chi connectivity index (χ2n) is 8.76. The summed E-state index contributed by atoms with van der Waals surface area (Å²) in [7, 11) is 0. The van der Waals surface area contributed by atoms with Crippen molar-refractivity contribution in [3.8, 4) is 17.2 Å². The third-order valence-corrected chi connectivity index (χ3v) is 6.41. The zero-order valence-corrected chi connectivity index (χ0v) is 17.3. The number of pyridine rings is 1. The van der Waals surface area contributed by atoms with Crippen LogP contribution >= 0.6 is 0 Å². The van der Waals surface area contributed by atoms with E-state index in [4.69, 9.17) is 14.2 Å². The van der Waals surface area contributed by atoms with Gasteiger partial charge in [-0.15, -0.1) is 0 Å². The number of halogens is 1. The van der Waals surface area contributed by atoms with Crippen molar-refractivity contribution in [3.63, 3.8) is 0 Å². The van der Waals surface area contributed by atoms with E-state index >= 15 is 0 Å². The topological polar surface area (TPSA) is 72.9 Å². The molecule has 2 aliphatic heterocycles. The fourth-order valence-corrected chi connectivity index (χ4v) is 4.85. The summed E-state index contributed by atoms with van der Waals surface area (Å²) in [4.78, 5) is 18.7. The molecule has 32 heavy (non-hydrogen) atoms. The molecular weight excluding hydrogens is 413 g/mol. The van der Waals surface area contributed by atoms with Gasteiger partial charge < -0.3 is 24.4 Å². The molecule has 8 heteroatoms. The highest BCUT2D eigenvalue weighted by Crippen LogP contribution is 2.50. The standard InChI is InChI=1S/C24H22FN3O4/c25-15-1-3-19-18(9-15)20(5-6-26-19)32-17-11-24(12-17)13-28(14-24)23(29)27-16-2-4-21-22(10-16)31-8-7-30-21/h1-6,9-10,17H,7-8,11-14H2,(H,27,29). The molecule has 1 saturated heterocycles. The van der Waals surface area contributed by atoms with Crippen LogP contribution in [-0.4, -0.2) is 48.3 Å². The normalized spacial score (nSPS) is 18.7. The fourth-order valence-electron chi connectivity index (χ4n) is 4.85. The van der Waals surface area contributed by atoms with Crippen molar-refractivity contribution < 1.29 is 23.4 Å². The molecule has 3 heterocycles. The average molecular weight is 435 g/mol. The third kappa shape index (κ3) is 3.36. The molecule has 1 aromatic heterocycles. The molecule has 0 atom stereocenters. The Hall–Kier alpha value is -3.55. The van der Waals surface area contributed by atoms with Crippen molar-refractivity contribution in [1.82, 2.24) is 9.88 Å². The summed E-state index contributed by atoms with van der Waals surface area (Å²) in [5.41, 5.74) is 1.51.